The van der Waals surface area contributed by atoms with Gasteiger partial charge in [0.1, 0.15) is 12.4 Å². The summed E-state index contributed by atoms with van der Waals surface area (Å²) in [6, 6.07) is 8.57. The molecule has 1 aromatic rings. The topological polar surface area (TPSA) is 41.5 Å². The zero-order valence-corrected chi connectivity index (χ0v) is 10.4. The van der Waals surface area contributed by atoms with Gasteiger partial charge in [0, 0.05) is 11.7 Å². The van der Waals surface area contributed by atoms with E-state index < -0.39 is 0 Å². The molecule has 2 unspecified atom stereocenters. The molecular formula is C14H21NO2. The number of aliphatic hydroxyl groups is 1. The Balaban J connectivity index is 1.89. The third-order valence-electron chi connectivity index (χ3n) is 3.43. The molecule has 0 spiro atoms. The number of benzene rings is 1. The minimum atomic E-state index is 0.0551. The zero-order valence-electron chi connectivity index (χ0n) is 10.4. The van der Waals surface area contributed by atoms with Crippen LogP contribution in [-0.2, 0) is 0 Å². The van der Waals surface area contributed by atoms with Crippen molar-refractivity contribution in [3.05, 3.63) is 24.3 Å². The van der Waals surface area contributed by atoms with E-state index in [1.54, 1.807) is 0 Å². The van der Waals surface area contributed by atoms with Gasteiger partial charge in [-0.05, 0) is 43.0 Å². The number of anilines is 1. The second-order valence-corrected chi connectivity index (χ2v) is 4.76. The zero-order chi connectivity index (χ0) is 12.1. The molecule has 1 aromatic carbocycles. The van der Waals surface area contributed by atoms with E-state index in [1.807, 2.05) is 24.3 Å². The van der Waals surface area contributed by atoms with E-state index in [0.29, 0.717) is 12.6 Å². The van der Waals surface area contributed by atoms with Gasteiger partial charge >= 0.3 is 0 Å². The first kappa shape index (κ1) is 12.2. The molecule has 0 aliphatic heterocycles. The maximum absolute atomic E-state index is 8.66. The van der Waals surface area contributed by atoms with Crippen molar-refractivity contribution < 1.29 is 9.84 Å². The Labute approximate surface area is 103 Å². The minimum absolute atomic E-state index is 0.0551. The molecular weight excluding hydrogens is 214 g/mol. The molecule has 0 aromatic heterocycles. The second-order valence-electron chi connectivity index (χ2n) is 4.76. The normalized spacial score (nSPS) is 23.6. The summed E-state index contributed by atoms with van der Waals surface area (Å²) in [7, 11) is 0. The van der Waals surface area contributed by atoms with Crippen molar-refractivity contribution in [3.63, 3.8) is 0 Å². The number of rotatable bonds is 5. The molecule has 1 fully saturated rings. The Morgan fingerprint density at radius 3 is 2.65 bits per heavy atom. The van der Waals surface area contributed by atoms with Crippen molar-refractivity contribution in [1.29, 1.82) is 0 Å². The smallest absolute Gasteiger partial charge is 0.119 e. The van der Waals surface area contributed by atoms with E-state index >= 15 is 0 Å². The molecule has 94 valence electrons. The Morgan fingerprint density at radius 1 is 1.29 bits per heavy atom. The molecule has 2 atom stereocenters. The quantitative estimate of drug-likeness (QED) is 0.824. The highest BCUT2D eigenvalue weighted by atomic mass is 16.5. The fraction of sp³-hybridized carbons (Fsp3) is 0.571. The molecule has 1 saturated carbocycles. The molecule has 3 heteroatoms. The van der Waals surface area contributed by atoms with Crippen LogP contribution in [0, 0.1) is 5.92 Å². The molecule has 1 aliphatic carbocycles. The average Bonchev–Trinajstić information content (AvgIpc) is 2.74. The van der Waals surface area contributed by atoms with Crippen molar-refractivity contribution in [1.82, 2.24) is 0 Å². The van der Waals surface area contributed by atoms with Crippen molar-refractivity contribution in [3.8, 4) is 5.75 Å². The van der Waals surface area contributed by atoms with Gasteiger partial charge in [0.2, 0.25) is 0 Å². The minimum Gasteiger partial charge on any atom is -0.491 e. The predicted octanol–water partition coefficient (Wildman–Crippen LogP) is 2.66. The highest BCUT2D eigenvalue weighted by molar-refractivity contribution is 5.47. The first-order chi connectivity index (χ1) is 8.29. The molecule has 2 rings (SSSR count). The summed E-state index contributed by atoms with van der Waals surface area (Å²) in [5, 5.41) is 12.2. The number of hydrogen-bond acceptors (Lipinski definition) is 3. The molecule has 0 saturated heterocycles. The number of ether oxygens (including phenoxy) is 1. The van der Waals surface area contributed by atoms with Crippen LogP contribution in [0.3, 0.4) is 0 Å². The molecule has 0 amide bonds. The van der Waals surface area contributed by atoms with Gasteiger partial charge in [0.25, 0.3) is 0 Å². The van der Waals surface area contributed by atoms with E-state index in [-0.39, 0.29) is 6.61 Å². The highest BCUT2D eigenvalue weighted by Crippen LogP contribution is 2.28. The Kier molecular flexibility index (Phi) is 4.26. The fourth-order valence-electron chi connectivity index (χ4n) is 2.38. The Morgan fingerprint density at radius 2 is 2.06 bits per heavy atom. The molecule has 0 heterocycles. The number of nitrogens with one attached hydrogen (secondary N) is 1. The lowest BCUT2D eigenvalue weighted by molar-refractivity contribution is 0.201. The summed E-state index contributed by atoms with van der Waals surface area (Å²) in [4.78, 5) is 0. The van der Waals surface area contributed by atoms with Crippen LogP contribution in [-0.4, -0.2) is 24.4 Å². The summed E-state index contributed by atoms with van der Waals surface area (Å²) in [6.07, 6.45) is 3.93. The lowest BCUT2D eigenvalue weighted by Gasteiger charge is -2.18. The lowest BCUT2D eigenvalue weighted by Crippen LogP contribution is -2.21. The van der Waals surface area contributed by atoms with Gasteiger partial charge in [-0.25, -0.2) is 0 Å². The Hall–Kier alpha value is -1.22. The van der Waals surface area contributed by atoms with Crippen LogP contribution >= 0.6 is 0 Å². The largest absolute Gasteiger partial charge is 0.491 e. The summed E-state index contributed by atoms with van der Waals surface area (Å²) in [5.74, 6) is 1.57. The standard InChI is InChI=1S/C14H21NO2/c1-11-3-2-4-14(11)15-12-5-7-13(8-6-12)17-10-9-16/h5-8,11,14-16H,2-4,9-10H2,1H3. The highest BCUT2D eigenvalue weighted by Gasteiger charge is 2.22. The van der Waals surface area contributed by atoms with Crippen LogP contribution in [0.1, 0.15) is 26.2 Å². The summed E-state index contributed by atoms with van der Waals surface area (Å²) < 4.78 is 5.32. The lowest BCUT2D eigenvalue weighted by atomic mass is 10.1. The molecule has 2 N–H and O–H groups in total. The van der Waals surface area contributed by atoms with E-state index in [4.69, 9.17) is 9.84 Å². The van der Waals surface area contributed by atoms with Crippen LogP contribution in [0.15, 0.2) is 24.3 Å². The third kappa shape index (κ3) is 3.37. The van der Waals surface area contributed by atoms with E-state index in [9.17, 15) is 0 Å². The van der Waals surface area contributed by atoms with E-state index in [0.717, 1.165) is 17.4 Å². The van der Waals surface area contributed by atoms with Crippen molar-refractivity contribution in [2.24, 2.45) is 5.92 Å². The molecule has 3 nitrogen and oxygen atoms in total. The van der Waals surface area contributed by atoms with Crippen molar-refractivity contribution in [2.75, 3.05) is 18.5 Å². The first-order valence-corrected chi connectivity index (χ1v) is 6.40. The van der Waals surface area contributed by atoms with Crippen molar-refractivity contribution in [2.45, 2.75) is 32.2 Å². The number of aliphatic hydroxyl groups excluding tert-OH is 1. The SMILES string of the molecule is CC1CCCC1Nc1ccc(OCCO)cc1. The van der Waals surface area contributed by atoms with Gasteiger partial charge in [0.05, 0.1) is 6.61 Å². The maximum atomic E-state index is 8.66. The summed E-state index contributed by atoms with van der Waals surface area (Å²) >= 11 is 0. The van der Waals surface area contributed by atoms with Gasteiger partial charge in [-0.15, -0.1) is 0 Å². The van der Waals surface area contributed by atoms with Gasteiger partial charge < -0.3 is 15.2 Å². The molecule has 0 bridgehead atoms. The van der Waals surface area contributed by atoms with Crippen LogP contribution < -0.4 is 10.1 Å². The van der Waals surface area contributed by atoms with Gasteiger partial charge in [-0.3, -0.25) is 0 Å². The van der Waals surface area contributed by atoms with Crippen LogP contribution in [0.25, 0.3) is 0 Å². The van der Waals surface area contributed by atoms with E-state index in [1.165, 1.54) is 19.3 Å². The molecule has 0 radical (unpaired) electrons. The molecule has 1 aliphatic rings. The van der Waals surface area contributed by atoms with Gasteiger partial charge in [-0.1, -0.05) is 13.3 Å². The third-order valence-corrected chi connectivity index (χ3v) is 3.43. The monoisotopic (exact) mass is 235 g/mol. The van der Waals surface area contributed by atoms with E-state index in [2.05, 4.69) is 12.2 Å². The Bertz CT molecular complexity index is 337. The number of hydrogen-bond donors (Lipinski definition) is 2. The van der Waals surface area contributed by atoms with Gasteiger partial charge in [0.15, 0.2) is 0 Å². The van der Waals surface area contributed by atoms with Crippen molar-refractivity contribution >= 4 is 5.69 Å². The van der Waals surface area contributed by atoms with Crippen LogP contribution in [0.4, 0.5) is 5.69 Å². The van der Waals surface area contributed by atoms with Gasteiger partial charge in [-0.2, -0.15) is 0 Å². The fourth-order valence-corrected chi connectivity index (χ4v) is 2.38. The maximum Gasteiger partial charge on any atom is 0.119 e. The summed E-state index contributed by atoms with van der Waals surface area (Å²) in [6.45, 7) is 2.72. The van der Waals surface area contributed by atoms with Crippen LogP contribution in [0.5, 0.6) is 5.75 Å². The van der Waals surface area contributed by atoms with Crippen LogP contribution in [0.2, 0.25) is 0 Å². The average molecular weight is 235 g/mol. The first-order valence-electron chi connectivity index (χ1n) is 6.40. The molecule has 17 heavy (non-hydrogen) atoms. The predicted molar refractivity (Wildman–Crippen MR) is 69.4 cm³/mol. The summed E-state index contributed by atoms with van der Waals surface area (Å²) in [5.41, 5.74) is 1.15. The second kappa shape index (κ2) is 5.92.